The second kappa shape index (κ2) is 7.28. The SMILES string of the molecule is Cc1nn(C)cc1NC(=O)c1ccn(COc2ccc(Br)cc2Cl)n1. The number of hydrogen-bond acceptors (Lipinski definition) is 4. The van der Waals surface area contributed by atoms with Crippen LogP contribution in [0.3, 0.4) is 0 Å². The Morgan fingerprint density at radius 3 is 2.84 bits per heavy atom. The summed E-state index contributed by atoms with van der Waals surface area (Å²) in [6, 6.07) is 6.96. The zero-order valence-corrected chi connectivity index (χ0v) is 15.9. The van der Waals surface area contributed by atoms with E-state index in [0.717, 1.165) is 10.2 Å². The van der Waals surface area contributed by atoms with Gasteiger partial charge < -0.3 is 10.1 Å². The molecule has 2 aromatic heterocycles. The van der Waals surface area contributed by atoms with Crippen molar-refractivity contribution in [1.82, 2.24) is 19.6 Å². The number of ether oxygens (including phenoxy) is 1. The monoisotopic (exact) mass is 423 g/mol. The lowest BCUT2D eigenvalue weighted by Crippen LogP contribution is -2.14. The number of nitrogens with zero attached hydrogens (tertiary/aromatic N) is 4. The molecule has 0 saturated carbocycles. The van der Waals surface area contributed by atoms with Gasteiger partial charge >= 0.3 is 0 Å². The molecule has 3 aromatic rings. The van der Waals surface area contributed by atoms with Gasteiger partial charge in [0.1, 0.15) is 5.75 Å². The van der Waals surface area contributed by atoms with Crippen molar-refractivity contribution in [3.05, 3.63) is 57.5 Å². The standard InChI is InChI=1S/C16H15BrClN5O2/c1-10-14(8-22(2)20-10)19-16(24)13-5-6-23(21-13)9-25-15-4-3-11(17)7-12(15)18/h3-8H,9H2,1-2H3,(H,19,24). The molecule has 3 rings (SSSR count). The van der Waals surface area contributed by atoms with E-state index in [1.807, 2.05) is 13.0 Å². The van der Waals surface area contributed by atoms with E-state index in [1.165, 1.54) is 4.68 Å². The summed E-state index contributed by atoms with van der Waals surface area (Å²) in [4.78, 5) is 12.3. The Bertz CT molecular complexity index is 921. The zero-order valence-electron chi connectivity index (χ0n) is 13.5. The van der Waals surface area contributed by atoms with Crippen LogP contribution in [0, 0.1) is 6.92 Å². The molecule has 0 unspecified atom stereocenters. The van der Waals surface area contributed by atoms with Crippen LogP contribution in [0.5, 0.6) is 5.75 Å². The molecule has 9 heteroatoms. The number of aryl methyl sites for hydroxylation is 2. The molecule has 1 N–H and O–H groups in total. The minimum atomic E-state index is -0.309. The van der Waals surface area contributed by atoms with Gasteiger partial charge in [0.25, 0.3) is 5.91 Å². The number of rotatable bonds is 5. The molecule has 130 valence electrons. The molecule has 0 aliphatic heterocycles. The highest BCUT2D eigenvalue weighted by atomic mass is 79.9. The number of carbonyl (C=O) groups excluding carboxylic acids is 1. The smallest absolute Gasteiger partial charge is 0.276 e. The number of nitrogens with one attached hydrogen (secondary N) is 1. The number of amides is 1. The molecular weight excluding hydrogens is 410 g/mol. The normalized spacial score (nSPS) is 10.7. The van der Waals surface area contributed by atoms with Gasteiger partial charge in [0.15, 0.2) is 12.4 Å². The predicted molar refractivity (Wildman–Crippen MR) is 97.9 cm³/mol. The average Bonchev–Trinajstić information content (AvgIpc) is 3.13. The van der Waals surface area contributed by atoms with Gasteiger partial charge in [-0.05, 0) is 31.2 Å². The van der Waals surface area contributed by atoms with Crippen molar-refractivity contribution in [1.29, 1.82) is 0 Å². The Hall–Kier alpha value is -2.32. The van der Waals surface area contributed by atoms with Crippen molar-refractivity contribution in [2.45, 2.75) is 13.7 Å². The number of carbonyl (C=O) groups is 1. The lowest BCUT2D eigenvalue weighted by molar-refractivity contribution is 0.102. The number of benzene rings is 1. The Morgan fingerprint density at radius 2 is 2.16 bits per heavy atom. The number of halogens is 2. The van der Waals surface area contributed by atoms with E-state index in [1.54, 1.807) is 42.3 Å². The first kappa shape index (κ1) is 17.5. The zero-order chi connectivity index (χ0) is 18.0. The van der Waals surface area contributed by atoms with E-state index < -0.39 is 0 Å². The molecule has 0 saturated heterocycles. The largest absolute Gasteiger partial charge is 0.470 e. The summed E-state index contributed by atoms with van der Waals surface area (Å²) in [6.07, 6.45) is 3.40. The highest BCUT2D eigenvalue weighted by molar-refractivity contribution is 9.10. The van der Waals surface area contributed by atoms with Gasteiger partial charge in [0, 0.05) is 23.9 Å². The predicted octanol–water partition coefficient (Wildman–Crippen LogP) is 3.63. The van der Waals surface area contributed by atoms with E-state index >= 15 is 0 Å². The molecule has 0 bridgehead atoms. The van der Waals surface area contributed by atoms with E-state index in [-0.39, 0.29) is 18.3 Å². The van der Waals surface area contributed by atoms with E-state index in [0.29, 0.717) is 16.5 Å². The van der Waals surface area contributed by atoms with Gasteiger partial charge in [0.05, 0.1) is 16.4 Å². The molecule has 25 heavy (non-hydrogen) atoms. The molecule has 0 aliphatic carbocycles. The van der Waals surface area contributed by atoms with Gasteiger partial charge in [-0.3, -0.25) is 9.48 Å². The number of anilines is 1. The lowest BCUT2D eigenvalue weighted by Gasteiger charge is -2.08. The van der Waals surface area contributed by atoms with Gasteiger partial charge in [0.2, 0.25) is 0 Å². The van der Waals surface area contributed by atoms with Crippen LogP contribution in [0.25, 0.3) is 0 Å². The first-order chi connectivity index (χ1) is 11.9. The average molecular weight is 425 g/mol. The van der Waals surface area contributed by atoms with Crippen molar-refractivity contribution in [2.24, 2.45) is 7.05 Å². The van der Waals surface area contributed by atoms with Crippen molar-refractivity contribution in [3.63, 3.8) is 0 Å². The maximum Gasteiger partial charge on any atom is 0.276 e. The second-order valence-electron chi connectivity index (χ2n) is 5.34. The fourth-order valence-corrected chi connectivity index (χ4v) is 2.92. The molecule has 1 aromatic carbocycles. The van der Waals surface area contributed by atoms with E-state index in [4.69, 9.17) is 16.3 Å². The molecule has 0 aliphatic rings. The fraction of sp³-hybridized carbons (Fsp3) is 0.188. The molecule has 0 atom stereocenters. The highest BCUT2D eigenvalue weighted by Gasteiger charge is 2.13. The topological polar surface area (TPSA) is 74.0 Å². The summed E-state index contributed by atoms with van der Waals surface area (Å²) >= 11 is 9.44. The Morgan fingerprint density at radius 1 is 1.36 bits per heavy atom. The quantitative estimate of drug-likeness (QED) is 0.679. The third kappa shape index (κ3) is 4.21. The van der Waals surface area contributed by atoms with Crippen LogP contribution in [0.2, 0.25) is 5.02 Å². The van der Waals surface area contributed by atoms with Gasteiger partial charge in [-0.1, -0.05) is 27.5 Å². The summed E-state index contributed by atoms with van der Waals surface area (Å²) in [7, 11) is 1.79. The van der Waals surface area contributed by atoms with Crippen LogP contribution >= 0.6 is 27.5 Å². The number of hydrogen-bond donors (Lipinski definition) is 1. The van der Waals surface area contributed by atoms with Crippen molar-refractivity contribution < 1.29 is 9.53 Å². The summed E-state index contributed by atoms with van der Waals surface area (Å²) in [5.41, 5.74) is 1.68. The van der Waals surface area contributed by atoms with Crippen LogP contribution in [0.4, 0.5) is 5.69 Å². The second-order valence-corrected chi connectivity index (χ2v) is 6.67. The summed E-state index contributed by atoms with van der Waals surface area (Å²) in [5, 5.41) is 11.7. The van der Waals surface area contributed by atoms with Crippen LogP contribution in [0.1, 0.15) is 16.2 Å². The minimum Gasteiger partial charge on any atom is -0.470 e. The van der Waals surface area contributed by atoms with Crippen LogP contribution in [0.15, 0.2) is 41.1 Å². The Balaban J connectivity index is 1.63. The van der Waals surface area contributed by atoms with Gasteiger partial charge in [-0.2, -0.15) is 10.2 Å². The molecule has 7 nitrogen and oxygen atoms in total. The van der Waals surface area contributed by atoms with Gasteiger partial charge in [-0.25, -0.2) is 4.68 Å². The molecular formula is C16H15BrClN5O2. The van der Waals surface area contributed by atoms with Crippen molar-refractivity contribution >= 4 is 39.1 Å². The van der Waals surface area contributed by atoms with Crippen LogP contribution in [-0.4, -0.2) is 25.5 Å². The fourth-order valence-electron chi connectivity index (χ4n) is 2.19. The summed E-state index contributed by atoms with van der Waals surface area (Å²) in [6.45, 7) is 1.96. The maximum absolute atomic E-state index is 12.3. The molecule has 2 heterocycles. The Kier molecular flexibility index (Phi) is 5.10. The van der Waals surface area contributed by atoms with E-state index in [9.17, 15) is 4.79 Å². The first-order valence-corrected chi connectivity index (χ1v) is 8.52. The van der Waals surface area contributed by atoms with Gasteiger partial charge in [-0.15, -0.1) is 0 Å². The van der Waals surface area contributed by atoms with E-state index in [2.05, 4.69) is 31.4 Å². The third-order valence-corrected chi connectivity index (χ3v) is 4.17. The molecule has 0 spiro atoms. The number of aromatic nitrogens is 4. The van der Waals surface area contributed by atoms with Crippen molar-refractivity contribution in [2.75, 3.05) is 5.32 Å². The Labute approximate surface area is 157 Å². The van der Waals surface area contributed by atoms with Crippen LogP contribution < -0.4 is 10.1 Å². The summed E-state index contributed by atoms with van der Waals surface area (Å²) < 4.78 is 9.64. The highest BCUT2D eigenvalue weighted by Crippen LogP contribution is 2.27. The molecule has 0 radical (unpaired) electrons. The first-order valence-electron chi connectivity index (χ1n) is 7.35. The van der Waals surface area contributed by atoms with Crippen LogP contribution in [-0.2, 0) is 13.8 Å². The lowest BCUT2D eigenvalue weighted by atomic mass is 10.3. The minimum absolute atomic E-state index is 0.139. The van der Waals surface area contributed by atoms with Crippen molar-refractivity contribution in [3.8, 4) is 5.75 Å². The summed E-state index contributed by atoms with van der Waals surface area (Å²) in [5.74, 6) is 0.230. The molecule has 0 fully saturated rings. The molecule has 1 amide bonds. The maximum atomic E-state index is 12.3. The third-order valence-electron chi connectivity index (χ3n) is 3.38.